The van der Waals surface area contributed by atoms with Crippen LogP contribution in [0, 0.1) is 0 Å². The van der Waals surface area contributed by atoms with Gasteiger partial charge >= 0.3 is 5.97 Å². The first-order chi connectivity index (χ1) is 17.0. The summed E-state index contributed by atoms with van der Waals surface area (Å²) in [6, 6.07) is 11.6. The Morgan fingerprint density at radius 1 is 1.11 bits per heavy atom. The number of nitrogens with zero attached hydrogens (tertiary/aromatic N) is 1. The van der Waals surface area contributed by atoms with E-state index in [9.17, 15) is 9.59 Å². The van der Waals surface area contributed by atoms with Crippen molar-refractivity contribution in [3.05, 3.63) is 70.6 Å². The molecule has 1 fully saturated rings. The number of amidine groups is 1. The van der Waals surface area contributed by atoms with E-state index in [1.165, 1.54) is 17.3 Å². The molecule has 0 unspecified atom stereocenters. The molecule has 0 bridgehead atoms. The Morgan fingerprint density at radius 2 is 1.89 bits per heavy atom. The number of aryl methyl sites for hydroxylation is 1. The summed E-state index contributed by atoms with van der Waals surface area (Å²) in [5.41, 5.74) is 3.56. The molecule has 3 rings (SSSR count). The van der Waals surface area contributed by atoms with Crippen LogP contribution in [0.15, 0.2) is 59.0 Å². The lowest BCUT2D eigenvalue weighted by Crippen LogP contribution is -2.19. The topological polar surface area (TPSA) is 86.2 Å². The van der Waals surface area contributed by atoms with E-state index in [-0.39, 0.29) is 19.1 Å². The lowest BCUT2D eigenvalue weighted by atomic mass is 10.0. The fraction of sp³-hybridized carbons (Fsp3) is 0.296. The Balaban J connectivity index is 1.87. The Morgan fingerprint density at radius 3 is 2.54 bits per heavy atom. The number of hydrogen-bond acceptors (Lipinski definition) is 7. The summed E-state index contributed by atoms with van der Waals surface area (Å²) in [4.78, 5) is 29.5. The molecular weight excluding hydrogens is 464 g/mol. The van der Waals surface area contributed by atoms with E-state index in [0.717, 1.165) is 23.2 Å². The SMILES string of the molecule is C=CCc1cc(/C=C2\SC(=Nc3ccc(CC)cc3)NC2=O)cc(OCC)c1OCC(=O)OCC. The maximum Gasteiger partial charge on any atom is 0.344 e. The molecule has 35 heavy (non-hydrogen) atoms. The van der Waals surface area contributed by atoms with E-state index in [1.54, 1.807) is 25.1 Å². The summed E-state index contributed by atoms with van der Waals surface area (Å²) in [5.74, 6) is 0.269. The molecule has 2 aromatic rings. The number of aliphatic imine (C=N–C) groups is 1. The summed E-state index contributed by atoms with van der Waals surface area (Å²) >= 11 is 1.28. The molecule has 1 N–H and O–H groups in total. The maximum absolute atomic E-state index is 12.6. The number of esters is 1. The largest absolute Gasteiger partial charge is 0.490 e. The van der Waals surface area contributed by atoms with E-state index in [1.807, 2.05) is 37.3 Å². The Hall–Kier alpha value is -3.52. The van der Waals surface area contributed by atoms with Crippen molar-refractivity contribution in [2.45, 2.75) is 33.6 Å². The summed E-state index contributed by atoms with van der Waals surface area (Å²) in [7, 11) is 0. The van der Waals surface area contributed by atoms with Gasteiger partial charge in [-0.15, -0.1) is 6.58 Å². The van der Waals surface area contributed by atoms with Gasteiger partial charge < -0.3 is 19.5 Å². The number of nitrogens with one attached hydrogen (secondary N) is 1. The summed E-state index contributed by atoms with van der Waals surface area (Å²) in [6.45, 7) is 9.98. The van der Waals surface area contributed by atoms with E-state index in [2.05, 4.69) is 23.8 Å². The van der Waals surface area contributed by atoms with Crippen LogP contribution in [-0.4, -0.2) is 36.9 Å². The highest BCUT2D eigenvalue weighted by atomic mass is 32.2. The molecule has 7 nitrogen and oxygen atoms in total. The first-order valence-corrected chi connectivity index (χ1v) is 12.4. The van der Waals surface area contributed by atoms with Crippen LogP contribution >= 0.6 is 11.8 Å². The minimum absolute atomic E-state index is 0.218. The number of thioether (sulfide) groups is 1. The van der Waals surface area contributed by atoms with E-state index in [0.29, 0.717) is 34.6 Å². The zero-order chi connectivity index (χ0) is 25.2. The molecule has 1 saturated heterocycles. The molecule has 1 aliphatic rings. The van der Waals surface area contributed by atoms with Crippen LogP contribution in [-0.2, 0) is 27.2 Å². The van der Waals surface area contributed by atoms with Crippen molar-refractivity contribution in [3.63, 3.8) is 0 Å². The van der Waals surface area contributed by atoms with Crippen molar-refractivity contribution >= 4 is 40.6 Å². The van der Waals surface area contributed by atoms with Crippen LogP contribution in [0.25, 0.3) is 6.08 Å². The molecule has 2 aromatic carbocycles. The molecule has 184 valence electrons. The van der Waals surface area contributed by atoms with Crippen LogP contribution < -0.4 is 14.8 Å². The molecule has 0 atom stereocenters. The van der Waals surface area contributed by atoms with E-state index in [4.69, 9.17) is 14.2 Å². The van der Waals surface area contributed by atoms with Gasteiger partial charge in [-0.2, -0.15) is 0 Å². The van der Waals surface area contributed by atoms with Crippen molar-refractivity contribution in [3.8, 4) is 11.5 Å². The third-order valence-corrected chi connectivity index (χ3v) is 5.89. The zero-order valence-corrected chi connectivity index (χ0v) is 21.1. The van der Waals surface area contributed by atoms with Gasteiger partial charge in [0.1, 0.15) is 0 Å². The summed E-state index contributed by atoms with van der Waals surface area (Å²) in [6.07, 6.45) is 4.98. The van der Waals surface area contributed by atoms with Gasteiger partial charge in [-0.1, -0.05) is 25.1 Å². The molecule has 0 aliphatic carbocycles. The summed E-state index contributed by atoms with van der Waals surface area (Å²) < 4.78 is 16.5. The molecule has 0 spiro atoms. The predicted octanol–water partition coefficient (Wildman–Crippen LogP) is 5.21. The predicted molar refractivity (Wildman–Crippen MR) is 140 cm³/mol. The molecule has 1 amide bonds. The second kappa shape index (κ2) is 12.8. The highest BCUT2D eigenvalue weighted by Crippen LogP contribution is 2.36. The first-order valence-electron chi connectivity index (χ1n) is 11.5. The third kappa shape index (κ3) is 7.23. The average Bonchev–Trinajstić information content (AvgIpc) is 3.18. The van der Waals surface area contributed by atoms with Gasteiger partial charge in [0.2, 0.25) is 0 Å². The van der Waals surface area contributed by atoms with Gasteiger partial charge in [-0.25, -0.2) is 9.79 Å². The fourth-order valence-electron chi connectivity index (χ4n) is 3.39. The van der Waals surface area contributed by atoms with Crippen molar-refractivity contribution in [1.29, 1.82) is 0 Å². The minimum Gasteiger partial charge on any atom is -0.490 e. The molecular formula is C27H30N2O5S. The fourth-order valence-corrected chi connectivity index (χ4v) is 4.23. The van der Waals surface area contributed by atoms with Gasteiger partial charge in [-0.05, 0) is 79.9 Å². The standard InChI is InChI=1S/C27H30N2O5S/c1-5-9-20-14-19(15-22(32-7-3)25(20)34-17-24(30)33-8-4)16-23-26(31)29-27(35-23)28-21-12-10-18(6-2)11-13-21/h5,10-16H,1,6-9,17H2,2-4H3,(H,28,29,31)/b23-16-. The molecule has 1 aliphatic heterocycles. The smallest absolute Gasteiger partial charge is 0.344 e. The Kier molecular flexibility index (Phi) is 9.55. The normalized spacial score (nSPS) is 15.2. The highest BCUT2D eigenvalue weighted by Gasteiger charge is 2.24. The molecule has 0 aromatic heterocycles. The van der Waals surface area contributed by atoms with Gasteiger partial charge in [0.15, 0.2) is 23.3 Å². The van der Waals surface area contributed by atoms with Crippen molar-refractivity contribution in [1.82, 2.24) is 5.32 Å². The highest BCUT2D eigenvalue weighted by molar-refractivity contribution is 8.18. The van der Waals surface area contributed by atoms with Gasteiger partial charge in [0, 0.05) is 5.56 Å². The Bertz CT molecular complexity index is 1140. The van der Waals surface area contributed by atoms with Crippen molar-refractivity contribution in [2.24, 2.45) is 4.99 Å². The lowest BCUT2D eigenvalue weighted by Gasteiger charge is -2.16. The molecule has 0 saturated carbocycles. The van der Waals surface area contributed by atoms with Crippen LogP contribution in [0.4, 0.5) is 5.69 Å². The number of allylic oxidation sites excluding steroid dienone is 1. The minimum atomic E-state index is -0.458. The zero-order valence-electron chi connectivity index (χ0n) is 20.3. The number of benzene rings is 2. The van der Waals surface area contributed by atoms with Gasteiger partial charge in [-0.3, -0.25) is 4.79 Å². The van der Waals surface area contributed by atoms with Crippen LogP contribution in [0.3, 0.4) is 0 Å². The number of carbonyl (C=O) groups is 2. The maximum atomic E-state index is 12.6. The lowest BCUT2D eigenvalue weighted by molar-refractivity contribution is -0.145. The third-order valence-electron chi connectivity index (χ3n) is 4.98. The second-order valence-corrected chi connectivity index (χ2v) is 8.56. The molecule has 1 heterocycles. The number of amides is 1. The number of carbonyl (C=O) groups excluding carboxylic acids is 2. The quantitative estimate of drug-likeness (QED) is 0.262. The van der Waals surface area contributed by atoms with E-state index >= 15 is 0 Å². The van der Waals surface area contributed by atoms with Crippen molar-refractivity contribution in [2.75, 3.05) is 19.8 Å². The monoisotopic (exact) mass is 494 g/mol. The molecule has 8 heteroatoms. The average molecular weight is 495 g/mol. The van der Waals surface area contributed by atoms with Crippen LogP contribution in [0.1, 0.15) is 37.5 Å². The number of ether oxygens (including phenoxy) is 3. The van der Waals surface area contributed by atoms with E-state index < -0.39 is 5.97 Å². The van der Waals surface area contributed by atoms with Crippen LogP contribution in [0.2, 0.25) is 0 Å². The van der Waals surface area contributed by atoms with Gasteiger partial charge in [0.25, 0.3) is 5.91 Å². The number of rotatable bonds is 11. The molecule has 0 radical (unpaired) electrons. The summed E-state index contributed by atoms with van der Waals surface area (Å²) in [5, 5.41) is 3.34. The first kappa shape index (κ1) is 26.1. The van der Waals surface area contributed by atoms with Gasteiger partial charge in [0.05, 0.1) is 23.8 Å². The Labute approximate surface area is 210 Å². The van der Waals surface area contributed by atoms with Crippen LogP contribution in [0.5, 0.6) is 11.5 Å². The van der Waals surface area contributed by atoms with Crippen molar-refractivity contribution < 1.29 is 23.8 Å². The second-order valence-electron chi connectivity index (χ2n) is 7.53. The number of hydrogen-bond donors (Lipinski definition) is 1.